The van der Waals surface area contributed by atoms with Gasteiger partial charge >= 0.3 is 0 Å². The van der Waals surface area contributed by atoms with Crippen LogP contribution in [-0.4, -0.2) is 24.9 Å². The van der Waals surface area contributed by atoms with Crippen molar-refractivity contribution in [1.29, 1.82) is 0 Å². The molecule has 0 radical (unpaired) electrons. The summed E-state index contributed by atoms with van der Waals surface area (Å²) in [5.41, 5.74) is 1.85. The van der Waals surface area contributed by atoms with Crippen molar-refractivity contribution in [2.45, 2.75) is 26.5 Å². The molecule has 0 aliphatic rings. The van der Waals surface area contributed by atoms with Crippen LogP contribution >= 0.6 is 11.3 Å². The molecule has 0 amide bonds. The summed E-state index contributed by atoms with van der Waals surface area (Å²) in [6.07, 6.45) is 0.851. The molecule has 21 heavy (non-hydrogen) atoms. The smallest absolute Gasteiger partial charge is 0.166 e. The zero-order valence-corrected chi connectivity index (χ0v) is 12.7. The maximum Gasteiger partial charge on any atom is 0.166 e. The van der Waals surface area contributed by atoms with Crippen LogP contribution in [0.4, 0.5) is 0 Å². The molecule has 3 rings (SSSR count). The quantitative estimate of drug-likeness (QED) is 0.804. The highest BCUT2D eigenvalue weighted by molar-refractivity contribution is 7.11. The summed E-state index contributed by atoms with van der Waals surface area (Å²) < 4.78 is 1.84. The van der Waals surface area contributed by atoms with Crippen molar-refractivity contribution in [1.82, 2.24) is 19.7 Å². The SMILES string of the molecule is Cc1nc(Cn2cnnc2[C@@H](O)c2ccccc2)sc1C. The van der Waals surface area contributed by atoms with Gasteiger partial charge in [0, 0.05) is 4.88 Å². The Balaban J connectivity index is 1.87. The van der Waals surface area contributed by atoms with Crippen molar-refractivity contribution in [3.63, 3.8) is 0 Å². The van der Waals surface area contributed by atoms with Crippen LogP contribution < -0.4 is 0 Å². The molecule has 0 bridgehead atoms. The molecule has 0 aliphatic heterocycles. The Kier molecular flexibility index (Phi) is 3.81. The number of hydrogen-bond donors (Lipinski definition) is 1. The fraction of sp³-hybridized carbons (Fsp3) is 0.267. The molecule has 0 saturated heterocycles. The topological polar surface area (TPSA) is 63.8 Å². The number of aliphatic hydroxyl groups is 1. The molecule has 0 spiro atoms. The van der Waals surface area contributed by atoms with E-state index in [1.54, 1.807) is 17.7 Å². The van der Waals surface area contributed by atoms with Crippen LogP contribution in [0.25, 0.3) is 0 Å². The highest BCUT2D eigenvalue weighted by Gasteiger charge is 2.18. The molecule has 5 nitrogen and oxygen atoms in total. The van der Waals surface area contributed by atoms with Crippen molar-refractivity contribution in [2.75, 3.05) is 0 Å². The van der Waals surface area contributed by atoms with Crippen molar-refractivity contribution in [3.8, 4) is 0 Å². The van der Waals surface area contributed by atoms with Crippen LogP contribution in [0, 0.1) is 13.8 Å². The van der Waals surface area contributed by atoms with E-state index < -0.39 is 6.10 Å². The van der Waals surface area contributed by atoms with E-state index >= 15 is 0 Å². The third-order valence-electron chi connectivity index (χ3n) is 3.38. The van der Waals surface area contributed by atoms with Gasteiger partial charge in [0.1, 0.15) is 17.4 Å². The van der Waals surface area contributed by atoms with E-state index in [0.29, 0.717) is 12.4 Å². The van der Waals surface area contributed by atoms with Crippen LogP contribution in [0.5, 0.6) is 0 Å². The van der Waals surface area contributed by atoms with E-state index in [0.717, 1.165) is 16.3 Å². The Morgan fingerprint density at radius 1 is 1.24 bits per heavy atom. The Hall–Kier alpha value is -2.05. The predicted molar refractivity (Wildman–Crippen MR) is 81.2 cm³/mol. The fourth-order valence-corrected chi connectivity index (χ4v) is 3.07. The van der Waals surface area contributed by atoms with Crippen LogP contribution in [0.3, 0.4) is 0 Å². The maximum atomic E-state index is 10.5. The van der Waals surface area contributed by atoms with E-state index in [4.69, 9.17) is 0 Å². The summed E-state index contributed by atoms with van der Waals surface area (Å²) >= 11 is 1.66. The van der Waals surface area contributed by atoms with Gasteiger partial charge in [-0.15, -0.1) is 21.5 Å². The number of nitrogens with zero attached hydrogens (tertiary/aromatic N) is 4. The van der Waals surface area contributed by atoms with Crippen LogP contribution in [0.15, 0.2) is 36.7 Å². The minimum absolute atomic E-state index is 0.534. The minimum atomic E-state index is -0.782. The molecule has 3 aromatic rings. The predicted octanol–water partition coefficient (Wildman–Crippen LogP) is 2.48. The number of rotatable bonds is 4. The number of hydrogen-bond acceptors (Lipinski definition) is 5. The van der Waals surface area contributed by atoms with Gasteiger partial charge in [-0.25, -0.2) is 4.98 Å². The average molecular weight is 300 g/mol. The number of benzene rings is 1. The summed E-state index contributed by atoms with van der Waals surface area (Å²) in [6.45, 7) is 4.63. The monoisotopic (exact) mass is 300 g/mol. The van der Waals surface area contributed by atoms with Gasteiger partial charge in [0.15, 0.2) is 5.82 Å². The van der Waals surface area contributed by atoms with Gasteiger partial charge in [0.05, 0.1) is 12.2 Å². The largest absolute Gasteiger partial charge is 0.380 e. The second kappa shape index (κ2) is 5.75. The van der Waals surface area contributed by atoms with Gasteiger partial charge in [-0.05, 0) is 19.4 Å². The lowest BCUT2D eigenvalue weighted by atomic mass is 10.1. The number of aromatic nitrogens is 4. The van der Waals surface area contributed by atoms with Gasteiger partial charge in [-0.1, -0.05) is 30.3 Å². The van der Waals surface area contributed by atoms with E-state index in [1.165, 1.54) is 4.88 Å². The first-order valence-corrected chi connectivity index (χ1v) is 7.50. The van der Waals surface area contributed by atoms with E-state index in [9.17, 15) is 5.11 Å². The van der Waals surface area contributed by atoms with E-state index in [-0.39, 0.29) is 0 Å². The first kappa shape index (κ1) is 13.9. The van der Waals surface area contributed by atoms with Crippen LogP contribution in [0.2, 0.25) is 0 Å². The summed E-state index contributed by atoms with van der Waals surface area (Å²) in [4.78, 5) is 5.73. The molecular weight excluding hydrogens is 284 g/mol. The maximum absolute atomic E-state index is 10.5. The van der Waals surface area contributed by atoms with Gasteiger partial charge in [0.2, 0.25) is 0 Å². The summed E-state index contributed by atoms with van der Waals surface area (Å²) in [5, 5.41) is 19.4. The van der Waals surface area contributed by atoms with Crippen LogP contribution in [0.1, 0.15) is 33.1 Å². The zero-order chi connectivity index (χ0) is 14.8. The normalized spacial score (nSPS) is 12.5. The Morgan fingerprint density at radius 3 is 2.67 bits per heavy atom. The van der Waals surface area contributed by atoms with Crippen LogP contribution in [-0.2, 0) is 6.54 Å². The van der Waals surface area contributed by atoms with Crippen molar-refractivity contribution >= 4 is 11.3 Å². The lowest BCUT2D eigenvalue weighted by Gasteiger charge is -2.11. The number of aryl methyl sites for hydroxylation is 2. The molecular formula is C15H16N4OS. The zero-order valence-electron chi connectivity index (χ0n) is 11.9. The lowest BCUT2D eigenvalue weighted by Crippen LogP contribution is -2.10. The second-order valence-electron chi connectivity index (χ2n) is 4.88. The molecule has 6 heteroatoms. The van der Waals surface area contributed by atoms with Gasteiger partial charge in [-0.2, -0.15) is 0 Å². The third kappa shape index (κ3) is 2.86. The van der Waals surface area contributed by atoms with Crippen molar-refractivity contribution < 1.29 is 5.11 Å². The summed E-state index contributed by atoms with van der Waals surface area (Å²) in [5.74, 6) is 0.534. The fourth-order valence-electron chi connectivity index (χ4n) is 2.13. The average Bonchev–Trinajstić information content (AvgIpc) is 3.07. The second-order valence-corrected chi connectivity index (χ2v) is 6.17. The summed E-state index contributed by atoms with van der Waals surface area (Å²) in [7, 11) is 0. The molecule has 0 fully saturated rings. The molecule has 1 aromatic carbocycles. The summed E-state index contributed by atoms with van der Waals surface area (Å²) in [6, 6.07) is 9.46. The first-order valence-electron chi connectivity index (χ1n) is 6.69. The molecule has 2 aromatic heterocycles. The van der Waals surface area contributed by atoms with Gasteiger partial charge in [0.25, 0.3) is 0 Å². The molecule has 0 saturated carbocycles. The molecule has 108 valence electrons. The molecule has 0 unspecified atom stereocenters. The van der Waals surface area contributed by atoms with Gasteiger partial charge in [-0.3, -0.25) is 0 Å². The first-order chi connectivity index (χ1) is 10.1. The molecule has 2 heterocycles. The third-order valence-corrected chi connectivity index (χ3v) is 4.44. The standard InChI is InChI=1S/C15H16N4OS/c1-10-11(2)21-13(17-10)8-19-9-16-18-15(19)14(20)12-6-4-3-5-7-12/h3-7,9,14,20H,8H2,1-2H3/t14-/m0/s1. The molecule has 0 aliphatic carbocycles. The number of aliphatic hydroxyl groups excluding tert-OH is 1. The number of thiazole rings is 1. The molecule has 1 N–H and O–H groups in total. The highest BCUT2D eigenvalue weighted by atomic mass is 32.1. The Bertz CT molecular complexity index is 716. The van der Waals surface area contributed by atoms with Crippen molar-refractivity contribution in [3.05, 3.63) is 63.6 Å². The lowest BCUT2D eigenvalue weighted by molar-refractivity contribution is 0.204. The van der Waals surface area contributed by atoms with E-state index in [2.05, 4.69) is 22.1 Å². The molecule has 1 atom stereocenters. The van der Waals surface area contributed by atoms with Gasteiger partial charge < -0.3 is 9.67 Å². The minimum Gasteiger partial charge on any atom is -0.380 e. The van der Waals surface area contributed by atoms with E-state index in [1.807, 2.05) is 41.8 Å². The highest BCUT2D eigenvalue weighted by Crippen LogP contribution is 2.22. The Morgan fingerprint density at radius 2 is 2.00 bits per heavy atom. The van der Waals surface area contributed by atoms with Crippen molar-refractivity contribution in [2.24, 2.45) is 0 Å². The Labute approximate surface area is 126 Å².